The molecule has 0 aliphatic carbocycles. The van der Waals surface area contributed by atoms with E-state index in [1.165, 1.54) is 0 Å². The summed E-state index contributed by atoms with van der Waals surface area (Å²) >= 11 is -2.03. The Morgan fingerprint density at radius 2 is 1.00 bits per heavy atom. The normalized spacial score (nSPS) is 5.27. The van der Waals surface area contributed by atoms with Crippen molar-refractivity contribution in [2.24, 2.45) is 0 Å². The molecular formula is C4H6MoO6. The molecule has 0 saturated heterocycles. The van der Waals surface area contributed by atoms with Gasteiger partial charge in [0.25, 0.3) is 0 Å². The van der Waals surface area contributed by atoms with E-state index in [0.717, 1.165) is 13.8 Å². The Morgan fingerprint density at radius 1 is 1.00 bits per heavy atom. The zero-order valence-corrected chi connectivity index (χ0v) is 7.86. The topological polar surface area (TPSA) is 114 Å². The van der Waals surface area contributed by atoms with Crippen LogP contribution in [-0.2, 0) is 34.9 Å². The van der Waals surface area contributed by atoms with Crippen molar-refractivity contribution in [2.45, 2.75) is 13.8 Å². The van der Waals surface area contributed by atoms with Gasteiger partial charge in [0.2, 0.25) is 0 Å². The number of hydrogen-bond donors (Lipinski definition) is 0. The molecule has 7 heteroatoms. The molecule has 0 spiro atoms. The second-order valence-electron chi connectivity index (χ2n) is 1.05. The molecule has 0 rings (SSSR count). The van der Waals surface area contributed by atoms with Crippen LogP contribution >= 0.6 is 0 Å². The molecule has 0 heterocycles. The monoisotopic (exact) mass is 248 g/mol. The van der Waals surface area contributed by atoms with Crippen LogP contribution in [0.3, 0.4) is 0 Å². The summed E-state index contributed by atoms with van der Waals surface area (Å²) in [6.07, 6.45) is 0. The first kappa shape index (κ1) is 16.7. The van der Waals surface area contributed by atoms with Gasteiger partial charge in [-0.2, -0.15) is 0 Å². The Kier molecular flexibility index (Phi) is 24.4. The van der Waals surface area contributed by atoms with Crippen LogP contribution in [-0.4, -0.2) is 11.9 Å². The quantitative estimate of drug-likeness (QED) is 0.428. The first-order valence-electron chi connectivity index (χ1n) is 2.15. The van der Waals surface area contributed by atoms with Crippen LogP contribution < -0.4 is 10.2 Å². The fourth-order valence-electron chi connectivity index (χ4n) is 0. The van der Waals surface area contributed by atoms with Crippen molar-refractivity contribution < 1.29 is 45.1 Å². The number of aliphatic carboxylic acids is 2. The van der Waals surface area contributed by atoms with Gasteiger partial charge in [0.1, 0.15) is 0 Å². The fraction of sp³-hybridized carbons (Fsp3) is 0.500. The van der Waals surface area contributed by atoms with E-state index in [9.17, 15) is 0 Å². The predicted molar refractivity (Wildman–Crippen MR) is 22.7 cm³/mol. The summed E-state index contributed by atoms with van der Waals surface area (Å²) in [5.41, 5.74) is 0. The fourth-order valence-corrected chi connectivity index (χ4v) is 0. The summed E-state index contributed by atoms with van der Waals surface area (Å²) in [6, 6.07) is 0. The van der Waals surface area contributed by atoms with Crippen molar-refractivity contribution in [2.75, 3.05) is 0 Å². The summed E-state index contributed by atoms with van der Waals surface area (Å²) in [4.78, 5) is 17.8. The van der Waals surface area contributed by atoms with Gasteiger partial charge in [-0.25, -0.2) is 0 Å². The predicted octanol–water partition coefficient (Wildman–Crippen LogP) is -2.73. The molecule has 0 amide bonds. The standard InChI is InChI=1S/2C2H4O2.Mo.2O/c2*1-2(3)4;;;/h2*1H3,(H,3,4);;;/q;;+2;;/p-2. The van der Waals surface area contributed by atoms with Crippen molar-refractivity contribution >= 4 is 11.9 Å². The van der Waals surface area contributed by atoms with E-state index in [1.807, 2.05) is 0 Å². The number of rotatable bonds is 0. The average Bonchev–Trinajstić information content (AvgIpc) is 1.60. The molecule has 11 heavy (non-hydrogen) atoms. The van der Waals surface area contributed by atoms with E-state index in [2.05, 4.69) is 0 Å². The number of carbonyl (C=O) groups is 2. The molecule has 0 aliphatic rings. The number of carbonyl (C=O) groups excluding carboxylic acids is 2. The summed E-state index contributed by atoms with van der Waals surface area (Å²) in [5, 5.41) is 17.8. The third kappa shape index (κ3) is 810. The van der Waals surface area contributed by atoms with Gasteiger partial charge in [-0.05, 0) is 13.8 Å². The molecule has 0 N–H and O–H groups in total. The van der Waals surface area contributed by atoms with E-state index in [-0.39, 0.29) is 0 Å². The Labute approximate surface area is 71.4 Å². The summed E-state index contributed by atoms with van der Waals surface area (Å²) in [7, 11) is 0. The van der Waals surface area contributed by atoms with Gasteiger partial charge in [-0.1, -0.05) is 0 Å². The zero-order valence-electron chi connectivity index (χ0n) is 5.86. The van der Waals surface area contributed by atoms with Crippen molar-refractivity contribution in [1.82, 2.24) is 0 Å². The second-order valence-corrected chi connectivity index (χ2v) is 1.39. The van der Waals surface area contributed by atoms with E-state index in [1.54, 1.807) is 0 Å². The minimum atomic E-state index is -2.03. The van der Waals surface area contributed by atoms with Gasteiger partial charge in [-0.3, -0.25) is 0 Å². The van der Waals surface area contributed by atoms with Gasteiger partial charge in [0.15, 0.2) is 0 Å². The van der Waals surface area contributed by atoms with Crippen LogP contribution in [0.25, 0.3) is 0 Å². The van der Waals surface area contributed by atoms with Crippen LogP contribution in [0.1, 0.15) is 13.8 Å². The molecule has 0 bridgehead atoms. The molecular weight excluding hydrogens is 240 g/mol. The van der Waals surface area contributed by atoms with Crippen LogP contribution in [0.4, 0.5) is 0 Å². The molecule has 0 radical (unpaired) electrons. The van der Waals surface area contributed by atoms with E-state index in [0.29, 0.717) is 0 Å². The maximum absolute atomic E-state index is 8.89. The van der Waals surface area contributed by atoms with Crippen LogP contribution in [0, 0.1) is 0 Å². The van der Waals surface area contributed by atoms with Crippen molar-refractivity contribution in [3.8, 4) is 0 Å². The second kappa shape index (κ2) is 16.1. The number of carboxylic acids is 2. The first-order valence-corrected chi connectivity index (χ1v) is 3.79. The third-order valence-corrected chi connectivity index (χ3v) is 0. The molecule has 0 aromatic carbocycles. The van der Waals surface area contributed by atoms with Crippen molar-refractivity contribution in [3.63, 3.8) is 0 Å². The Morgan fingerprint density at radius 3 is 1.00 bits per heavy atom. The average molecular weight is 246 g/mol. The van der Waals surface area contributed by atoms with Gasteiger partial charge in [-0.15, -0.1) is 0 Å². The first-order chi connectivity index (χ1) is 4.88. The molecule has 6 nitrogen and oxygen atoms in total. The number of hydrogen-bond acceptors (Lipinski definition) is 6. The zero-order chi connectivity index (χ0) is 9.86. The summed E-state index contributed by atoms with van der Waals surface area (Å²) in [5.74, 6) is -2.17. The van der Waals surface area contributed by atoms with E-state index >= 15 is 0 Å². The maximum atomic E-state index is 8.89. The molecule has 0 atom stereocenters. The SMILES string of the molecule is CC(=O)[O-].CC(=O)[O-].[O]=[Mo+2]=[O]. The molecule has 0 aromatic rings. The van der Waals surface area contributed by atoms with Crippen molar-refractivity contribution in [1.29, 1.82) is 0 Å². The van der Waals surface area contributed by atoms with E-state index in [4.69, 9.17) is 26.6 Å². The Balaban J connectivity index is -0.0000000886. The van der Waals surface area contributed by atoms with Crippen LogP contribution in [0.2, 0.25) is 0 Å². The molecule has 0 aliphatic heterocycles. The van der Waals surface area contributed by atoms with Crippen molar-refractivity contribution in [3.05, 3.63) is 0 Å². The Bertz CT molecular complexity index is 127. The minimum absolute atomic E-state index is 0.972. The van der Waals surface area contributed by atoms with Crippen LogP contribution in [0.15, 0.2) is 0 Å². The summed E-state index contributed by atoms with van der Waals surface area (Å²) < 4.78 is 17.0. The van der Waals surface area contributed by atoms with Gasteiger partial charge < -0.3 is 19.8 Å². The summed E-state index contributed by atoms with van der Waals surface area (Å²) in [6.45, 7) is 1.94. The Hall–Kier alpha value is -0.772. The molecule has 0 aromatic heterocycles. The van der Waals surface area contributed by atoms with Crippen LogP contribution in [0.5, 0.6) is 0 Å². The van der Waals surface area contributed by atoms with Gasteiger partial charge in [0.05, 0.1) is 0 Å². The molecule has 64 valence electrons. The third-order valence-electron chi connectivity index (χ3n) is 0. The van der Waals surface area contributed by atoms with Gasteiger partial charge >= 0.3 is 25.3 Å². The number of carboxylic acid groups (broad SMARTS) is 2. The molecule has 0 saturated carbocycles. The molecule has 0 fully saturated rings. The van der Waals surface area contributed by atoms with E-state index < -0.39 is 30.4 Å². The van der Waals surface area contributed by atoms with Gasteiger partial charge in [0, 0.05) is 11.9 Å². The molecule has 0 unspecified atom stereocenters.